The highest BCUT2D eigenvalue weighted by molar-refractivity contribution is 5.77. The van der Waals surface area contributed by atoms with Crippen LogP contribution < -0.4 is 5.32 Å². The van der Waals surface area contributed by atoms with Crippen molar-refractivity contribution in [2.45, 2.75) is 58.5 Å². The molecule has 1 atom stereocenters. The van der Waals surface area contributed by atoms with Gasteiger partial charge in [-0.3, -0.25) is 4.79 Å². The lowest BCUT2D eigenvalue weighted by Gasteiger charge is -2.32. The van der Waals surface area contributed by atoms with E-state index >= 15 is 0 Å². The minimum absolute atomic E-state index is 0.0724. The van der Waals surface area contributed by atoms with Gasteiger partial charge in [0.2, 0.25) is 5.91 Å². The molecule has 0 aliphatic carbocycles. The van der Waals surface area contributed by atoms with Gasteiger partial charge in [0.05, 0.1) is 0 Å². The molecule has 1 unspecified atom stereocenters. The van der Waals surface area contributed by atoms with E-state index in [1.807, 2.05) is 4.90 Å². The number of nitrogens with zero attached hydrogens (tertiary/aromatic N) is 1. The summed E-state index contributed by atoms with van der Waals surface area (Å²) in [6.45, 7) is 10.3. The Hall–Kier alpha value is -0.570. The highest BCUT2D eigenvalue weighted by Crippen LogP contribution is 2.28. The summed E-state index contributed by atoms with van der Waals surface area (Å²) in [6.07, 6.45) is 2.90. The molecule has 1 N–H and O–H groups in total. The van der Waals surface area contributed by atoms with Crippen LogP contribution in [0.1, 0.15) is 47.0 Å². The van der Waals surface area contributed by atoms with E-state index in [2.05, 4.69) is 33.0 Å². The summed E-state index contributed by atoms with van der Waals surface area (Å²) < 4.78 is 0. The highest BCUT2D eigenvalue weighted by atomic mass is 16.2. The summed E-state index contributed by atoms with van der Waals surface area (Å²) in [5, 5.41) is 3.28. The maximum Gasteiger partial charge on any atom is 0.224 e. The van der Waals surface area contributed by atoms with Gasteiger partial charge in [-0.15, -0.1) is 0 Å². The Morgan fingerprint density at radius 3 is 2.67 bits per heavy atom. The number of hydrogen-bond donors (Lipinski definition) is 1. The van der Waals surface area contributed by atoms with Crippen LogP contribution in [0.4, 0.5) is 0 Å². The number of carbonyl (C=O) groups excluding carboxylic acids is 1. The summed E-state index contributed by atoms with van der Waals surface area (Å²) in [5.74, 6) is 0.297. The molecule has 3 nitrogen and oxygen atoms in total. The van der Waals surface area contributed by atoms with Gasteiger partial charge < -0.3 is 10.2 Å². The third kappa shape index (κ3) is 3.20. The van der Waals surface area contributed by atoms with Crippen molar-refractivity contribution in [2.24, 2.45) is 0 Å². The second-order valence-corrected chi connectivity index (χ2v) is 5.12. The summed E-state index contributed by atoms with van der Waals surface area (Å²) >= 11 is 0. The van der Waals surface area contributed by atoms with Gasteiger partial charge in [-0.1, -0.05) is 6.92 Å². The maximum absolute atomic E-state index is 12.0. The SMILES string of the molecule is CCNC(C)CC(=O)N1CCCC1(C)C. The van der Waals surface area contributed by atoms with E-state index in [1.54, 1.807) is 0 Å². The molecule has 0 aromatic carbocycles. The van der Waals surface area contributed by atoms with Crippen molar-refractivity contribution in [3.05, 3.63) is 0 Å². The van der Waals surface area contributed by atoms with Crippen LogP contribution in [0.15, 0.2) is 0 Å². The minimum Gasteiger partial charge on any atom is -0.338 e. The van der Waals surface area contributed by atoms with Crippen LogP contribution in [0.25, 0.3) is 0 Å². The molecule has 0 radical (unpaired) electrons. The van der Waals surface area contributed by atoms with Gasteiger partial charge in [0.1, 0.15) is 0 Å². The van der Waals surface area contributed by atoms with Crippen molar-refractivity contribution < 1.29 is 4.79 Å². The normalized spacial score (nSPS) is 21.7. The molecule has 0 aromatic rings. The second kappa shape index (κ2) is 4.97. The Bertz CT molecular complexity index is 226. The van der Waals surface area contributed by atoms with Gasteiger partial charge in [-0.2, -0.15) is 0 Å². The maximum atomic E-state index is 12.0. The zero-order chi connectivity index (χ0) is 11.5. The van der Waals surface area contributed by atoms with Crippen molar-refractivity contribution in [3.63, 3.8) is 0 Å². The molecule has 88 valence electrons. The highest BCUT2D eigenvalue weighted by Gasteiger charge is 2.35. The molecule has 0 saturated carbocycles. The first kappa shape index (κ1) is 12.5. The third-order valence-electron chi connectivity index (χ3n) is 3.24. The number of amides is 1. The molecule has 0 bridgehead atoms. The van der Waals surface area contributed by atoms with Gasteiger partial charge >= 0.3 is 0 Å². The molecule has 1 aliphatic rings. The van der Waals surface area contributed by atoms with Crippen LogP contribution in [-0.4, -0.2) is 35.5 Å². The van der Waals surface area contributed by atoms with E-state index in [1.165, 1.54) is 0 Å². The fraction of sp³-hybridized carbons (Fsp3) is 0.917. The van der Waals surface area contributed by atoms with Gasteiger partial charge in [-0.25, -0.2) is 0 Å². The van der Waals surface area contributed by atoms with Crippen LogP contribution in [0, 0.1) is 0 Å². The monoisotopic (exact) mass is 212 g/mol. The van der Waals surface area contributed by atoms with Crippen molar-refractivity contribution in [1.82, 2.24) is 10.2 Å². The van der Waals surface area contributed by atoms with Gasteiger partial charge in [0, 0.05) is 24.5 Å². The average molecular weight is 212 g/mol. The zero-order valence-corrected chi connectivity index (χ0v) is 10.5. The van der Waals surface area contributed by atoms with Crippen LogP contribution in [0.3, 0.4) is 0 Å². The topological polar surface area (TPSA) is 32.3 Å². The Balaban J connectivity index is 2.46. The first-order valence-electron chi connectivity index (χ1n) is 6.01. The molecular formula is C12H24N2O. The molecule has 1 fully saturated rings. The molecule has 3 heteroatoms. The second-order valence-electron chi connectivity index (χ2n) is 5.12. The molecule has 1 amide bonds. The molecule has 15 heavy (non-hydrogen) atoms. The average Bonchev–Trinajstić information content (AvgIpc) is 2.45. The smallest absolute Gasteiger partial charge is 0.224 e. The van der Waals surface area contributed by atoms with E-state index in [0.29, 0.717) is 18.4 Å². The van der Waals surface area contributed by atoms with Crippen molar-refractivity contribution in [1.29, 1.82) is 0 Å². The zero-order valence-electron chi connectivity index (χ0n) is 10.5. The van der Waals surface area contributed by atoms with Crippen LogP contribution in [0.5, 0.6) is 0 Å². The lowest BCUT2D eigenvalue weighted by molar-refractivity contribution is -0.134. The lowest BCUT2D eigenvalue weighted by atomic mass is 10.0. The van der Waals surface area contributed by atoms with E-state index in [0.717, 1.165) is 25.9 Å². The van der Waals surface area contributed by atoms with Crippen LogP contribution in [-0.2, 0) is 4.79 Å². The molecule has 0 spiro atoms. The first-order valence-corrected chi connectivity index (χ1v) is 6.01. The number of likely N-dealkylation sites (tertiary alicyclic amines) is 1. The molecular weight excluding hydrogens is 188 g/mol. The molecule has 1 rings (SSSR count). The Labute approximate surface area is 93.2 Å². The Kier molecular flexibility index (Phi) is 4.14. The van der Waals surface area contributed by atoms with Gasteiger partial charge in [-0.05, 0) is 40.2 Å². The predicted molar refractivity (Wildman–Crippen MR) is 62.8 cm³/mol. The van der Waals surface area contributed by atoms with E-state index in [9.17, 15) is 4.79 Å². The summed E-state index contributed by atoms with van der Waals surface area (Å²) in [5.41, 5.74) is 0.0724. The molecule has 0 aromatic heterocycles. The first-order chi connectivity index (χ1) is 6.97. The minimum atomic E-state index is 0.0724. The van der Waals surface area contributed by atoms with Crippen molar-refractivity contribution in [2.75, 3.05) is 13.1 Å². The van der Waals surface area contributed by atoms with Crippen molar-refractivity contribution in [3.8, 4) is 0 Å². The Morgan fingerprint density at radius 1 is 1.53 bits per heavy atom. The third-order valence-corrected chi connectivity index (χ3v) is 3.24. The lowest BCUT2D eigenvalue weighted by Crippen LogP contribution is -2.44. The van der Waals surface area contributed by atoms with E-state index in [-0.39, 0.29) is 5.54 Å². The Morgan fingerprint density at radius 2 is 2.20 bits per heavy atom. The predicted octanol–water partition coefficient (Wildman–Crippen LogP) is 1.78. The summed E-state index contributed by atoms with van der Waals surface area (Å²) in [6, 6.07) is 0.291. The van der Waals surface area contributed by atoms with Gasteiger partial charge in [0.15, 0.2) is 0 Å². The van der Waals surface area contributed by atoms with E-state index in [4.69, 9.17) is 0 Å². The molecule has 1 saturated heterocycles. The fourth-order valence-electron chi connectivity index (χ4n) is 2.36. The standard InChI is InChI=1S/C12H24N2O/c1-5-13-10(2)9-11(15)14-8-6-7-12(14,3)4/h10,13H,5-9H2,1-4H3. The largest absolute Gasteiger partial charge is 0.338 e. The molecule has 1 heterocycles. The van der Waals surface area contributed by atoms with Crippen molar-refractivity contribution >= 4 is 5.91 Å². The van der Waals surface area contributed by atoms with E-state index < -0.39 is 0 Å². The quantitative estimate of drug-likeness (QED) is 0.770. The fourth-order valence-corrected chi connectivity index (χ4v) is 2.36. The number of carbonyl (C=O) groups is 1. The number of hydrogen-bond acceptors (Lipinski definition) is 2. The van der Waals surface area contributed by atoms with Crippen LogP contribution in [0.2, 0.25) is 0 Å². The number of rotatable bonds is 4. The molecule has 1 aliphatic heterocycles. The summed E-state index contributed by atoms with van der Waals surface area (Å²) in [7, 11) is 0. The number of nitrogens with one attached hydrogen (secondary N) is 1. The summed E-state index contributed by atoms with van der Waals surface area (Å²) in [4.78, 5) is 14.1. The van der Waals surface area contributed by atoms with Crippen LogP contribution >= 0.6 is 0 Å². The van der Waals surface area contributed by atoms with Gasteiger partial charge in [0.25, 0.3) is 0 Å².